The van der Waals surface area contributed by atoms with E-state index in [1.54, 1.807) is 0 Å². The van der Waals surface area contributed by atoms with Crippen LogP contribution in [0.2, 0.25) is 0 Å². The van der Waals surface area contributed by atoms with Crippen LogP contribution < -0.4 is 0 Å². The van der Waals surface area contributed by atoms with Gasteiger partial charge in [-0.2, -0.15) is 4.31 Å². The number of β-amino-alcohol motifs (C(OH)–C–C–N with tert-alkyl or cyclic N) is 1. The Hall–Kier alpha value is 0.160. The molecule has 1 unspecified atom stereocenters. The van der Waals surface area contributed by atoms with Crippen molar-refractivity contribution in [3.8, 4) is 0 Å². The first kappa shape index (κ1) is 13.2. The maximum Gasteiger partial charge on any atom is 0.214 e. The molecule has 90 valence electrons. The normalized spacial score (nSPS) is 26.5. The van der Waals surface area contributed by atoms with E-state index in [1.165, 1.54) is 4.31 Å². The molecule has 0 radical (unpaired) electrons. The lowest BCUT2D eigenvalue weighted by Gasteiger charge is -2.29. The van der Waals surface area contributed by atoms with Crippen molar-refractivity contribution < 1.29 is 13.5 Å². The SMILES string of the molecule is CC(CCl)CS(=O)(=O)N1CCC[C@H](O)C1. The summed E-state index contributed by atoms with van der Waals surface area (Å²) < 4.78 is 25.1. The van der Waals surface area contributed by atoms with Crippen molar-refractivity contribution in [3.63, 3.8) is 0 Å². The number of nitrogens with zero attached hydrogens (tertiary/aromatic N) is 1. The molecule has 15 heavy (non-hydrogen) atoms. The molecule has 0 spiro atoms. The molecule has 0 amide bonds. The van der Waals surface area contributed by atoms with Gasteiger partial charge >= 0.3 is 0 Å². The minimum absolute atomic E-state index is 0.0456. The number of aliphatic hydroxyl groups excluding tert-OH is 1. The second-order valence-corrected chi connectivity index (χ2v) is 6.51. The summed E-state index contributed by atoms with van der Waals surface area (Å²) in [6, 6.07) is 0. The van der Waals surface area contributed by atoms with E-state index in [-0.39, 0.29) is 18.2 Å². The predicted molar refractivity (Wildman–Crippen MR) is 60.5 cm³/mol. The third kappa shape index (κ3) is 3.90. The number of piperidine rings is 1. The topological polar surface area (TPSA) is 57.6 Å². The summed E-state index contributed by atoms with van der Waals surface area (Å²) in [5.74, 6) is 0.370. The minimum atomic E-state index is -3.24. The first-order valence-corrected chi connectivity index (χ1v) is 7.32. The Morgan fingerprint density at radius 1 is 1.60 bits per heavy atom. The zero-order chi connectivity index (χ0) is 11.5. The van der Waals surface area contributed by atoms with Crippen molar-refractivity contribution in [2.24, 2.45) is 5.92 Å². The first-order chi connectivity index (χ1) is 6.95. The number of halogens is 1. The molecule has 0 bridgehead atoms. The first-order valence-electron chi connectivity index (χ1n) is 5.17. The lowest BCUT2D eigenvalue weighted by Crippen LogP contribution is -2.44. The molecule has 0 saturated carbocycles. The van der Waals surface area contributed by atoms with Crippen LogP contribution in [0.15, 0.2) is 0 Å². The van der Waals surface area contributed by atoms with E-state index in [9.17, 15) is 13.5 Å². The number of aliphatic hydroxyl groups is 1. The van der Waals surface area contributed by atoms with E-state index in [1.807, 2.05) is 6.92 Å². The predicted octanol–water partition coefficient (Wildman–Crippen LogP) is 0.648. The van der Waals surface area contributed by atoms with Crippen LogP contribution in [-0.4, -0.2) is 48.7 Å². The average molecular weight is 256 g/mol. The molecule has 1 heterocycles. The maximum atomic E-state index is 11.9. The summed E-state index contributed by atoms with van der Waals surface area (Å²) in [6.45, 7) is 2.57. The van der Waals surface area contributed by atoms with E-state index >= 15 is 0 Å². The molecule has 1 rings (SSSR count). The van der Waals surface area contributed by atoms with E-state index in [4.69, 9.17) is 11.6 Å². The monoisotopic (exact) mass is 255 g/mol. The van der Waals surface area contributed by atoms with Gasteiger partial charge in [0.05, 0.1) is 11.9 Å². The summed E-state index contributed by atoms with van der Waals surface area (Å²) in [4.78, 5) is 0. The number of hydrogen-bond donors (Lipinski definition) is 1. The average Bonchev–Trinajstić information content (AvgIpc) is 2.17. The van der Waals surface area contributed by atoms with Gasteiger partial charge in [-0.3, -0.25) is 0 Å². The highest BCUT2D eigenvalue weighted by atomic mass is 35.5. The fraction of sp³-hybridized carbons (Fsp3) is 1.00. The molecule has 0 aliphatic carbocycles. The minimum Gasteiger partial charge on any atom is -0.392 e. The van der Waals surface area contributed by atoms with Crippen molar-refractivity contribution in [2.75, 3.05) is 24.7 Å². The van der Waals surface area contributed by atoms with Crippen LogP contribution in [0.1, 0.15) is 19.8 Å². The molecule has 0 aromatic heterocycles. The molecule has 2 atom stereocenters. The smallest absolute Gasteiger partial charge is 0.214 e. The van der Waals surface area contributed by atoms with Gasteiger partial charge in [-0.1, -0.05) is 6.92 Å². The van der Waals surface area contributed by atoms with Gasteiger partial charge in [0.15, 0.2) is 0 Å². The molecule has 0 aromatic carbocycles. The Morgan fingerprint density at radius 3 is 2.80 bits per heavy atom. The Labute approximate surface area is 96.3 Å². The molecular formula is C9H18ClNO3S. The van der Waals surface area contributed by atoms with E-state index in [2.05, 4.69) is 0 Å². The van der Waals surface area contributed by atoms with Gasteiger partial charge in [0, 0.05) is 19.0 Å². The largest absolute Gasteiger partial charge is 0.392 e. The van der Waals surface area contributed by atoms with Gasteiger partial charge < -0.3 is 5.11 Å². The second-order valence-electron chi connectivity index (χ2n) is 4.19. The molecule has 1 saturated heterocycles. The molecular weight excluding hydrogens is 238 g/mol. The highest BCUT2D eigenvalue weighted by Gasteiger charge is 2.28. The van der Waals surface area contributed by atoms with Crippen LogP contribution >= 0.6 is 11.6 Å². The third-order valence-corrected chi connectivity index (χ3v) is 5.15. The standard InChI is InChI=1S/C9H18ClNO3S/c1-8(5-10)7-15(13,14)11-4-2-3-9(12)6-11/h8-9,12H,2-7H2,1H3/t8?,9-/m0/s1. The third-order valence-electron chi connectivity index (χ3n) is 2.51. The number of alkyl halides is 1. The molecule has 1 fully saturated rings. The van der Waals surface area contributed by atoms with Crippen molar-refractivity contribution in [1.29, 1.82) is 0 Å². The summed E-state index contributed by atoms with van der Waals surface area (Å²) in [6.07, 6.45) is 0.909. The van der Waals surface area contributed by atoms with Crippen LogP contribution in [0.5, 0.6) is 0 Å². The Balaban J connectivity index is 2.60. The van der Waals surface area contributed by atoms with Crippen LogP contribution in [0.3, 0.4) is 0 Å². The van der Waals surface area contributed by atoms with Crippen LogP contribution in [-0.2, 0) is 10.0 Å². The Kier molecular flexibility index (Phi) is 4.83. The molecule has 1 N–H and O–H groups in total. The summed E-state index contributed by atoms with van der Waals surface area (Å²) >= 11 is 5.59. The Morgan fingerprint density at radius 2 is 2.27 bits per heavy atom. The molecule has 0 aromatic rings. The van der Waals surface area contributed by atoms with Crippen LogP contribution in [0.4, 0.5) is 0 Å². The fourth-order valence-electron chi connectivity index (χ4n) is 1.68. The van der Waals surface area contributed by atoms with Crippen molar-refractivity contribution >= 4 is 21.6 Å². The summed E-state index contributed by atoms with van der Waals surface area (Å²) in [5.41, 5.74) is 0. The molecule has 1 aliphatic heterocycles. The highest BCUT2D eigenvalue weighted by Crippen LogP contribution is 2.16. The summed E-state index contributed by atoms with van der Waals surface area (Å²) in [5, 5.41) is 9.40. The van der Waals surface area contributed by atoms with Gasteiger partial charge in [-0.05, 0) is 18.8 Å². The van der Waals surface area contributed by atoms with Crippen molar-refractivity contribution in [3.05, 3.63) is 0 Å². The van der Waals surface area contributed by atoms with E-state index < -0.39 is 16.1 Å². The van der Waals surface area contributed by atoms with E-state index in [0.29, 0.717) is 18.8 Å². The van der Waals surface area contributed by atoms with Gasteiger partial charge in [-0.25, -0.2) is 8.42 Å². The lowest BCUT2D eigenvalue weighted by molar-refractivity contribution is 0.108. The number of rotatable bonds is 4. The van der Waals surface area contributed by atoms with Gasteiger partial charge in [0.25, 0.3) is 0 Å². The quantitative estimate of drug-likeness (QED) is 0.751. The van der Waals surface area contributed by atoms with Crippen molar-refractivity contribution in [1.82, 2.24) is 4.31 Å². The molecule has 6 heteroatoms. The van der Waals surface area contributed by atoms with Gasteiger partial charge in [-0.15, -0.1) is 11.6 Å². The number of sulfonamides is 1. The maximum absolute atomic E-state index is 11.9. The zero-order valence-electron chi connectivity index (χ0n) is 8.89. The lowest BCUT2D eigenvalue weighted by atomic mass is 10.1. The van der Waals surface area contributed by atoms with E-state index in [0.717, 1.165) is 6.42 Å². The highest BCUT2D eigenvalue weighted by molar-refractivity contribution is 7.89. The van der Waals surface area contributed by atoms with Crippen LogP contribution in [0, 0.1) is 5.92 Å². The second kappa shape index (κ2) is 5.48. The molecule has 1 aliphatic rings. The van der Waals surface area contributed by atoms with Crippen LogP contribution in [0.25, 0.3) is 0 Å². The van der Waals surface area contributed by atoms with Gasteiger partial charge in [0.1, 0.15) is 0 Å². The Bertz CT molecular complexity index is 294. The fourth-order valence-corrected chi connectivity index (χ4v) is 3.78. The zero-order valence-corrected chi connectivity index (χ0v) is 10.5. The summed E-state index contributed by atoms with van der Waals surface area (Å²) in [7, 11) is -3.24. The molecule has 4 nitrogen and oxygen atoms in total. The van der Waals surface area contributed by atoms with Crippen molar-refractivity contribution in [2.45, 2.75) is 25.9 Å². The number of hydrogen-bond acceptors (Lipinski definition) is 3. The van der Waals surface area contributed by atoms with Gasteiger partial charge in [0.2, 0.25) is 10.0 Å².